The highest BCUT2D eigenvalue weighted by atomic mass is 79.9. The summed E-state index contributed by atoms with van der Waals surface area (Å²) in [5, 5.41) is 21.8. The van der Waals surface area contributed by atoms with Crippen LogP contribution in [0.15, 0.2) is 58.5 Å². The van der Waals surface area contributed by atoms with Gasteiger partial charge in [0.2, 0.25) is 5.90 Å². The number of halogens is 4. The number of alkyl halides is 2. The Labute approximate surface area is 223 Å². The van der Waals surface area contributed by atoms with Crippen LogP contribution < -0.4 is 15.4 Å². The van der Waals surface area contributed by atoms with Gasteiger partial charge in [-0.25, -0.2) is 13.2 Å². The molecule has 0 amide bonds. The van der Waals surface area contributed by atoms with E-state index < -0.39 is 24.1 Å². The highest BCUT2D eigenvalue weighted by Gasteiger charge is 2.19. The summed E-state index contributed by atoms with van der Waals surface area (Å²) in [7, 11) is 1.33. The fourth-order valence-corrected chi connectivity index (χ4v) is 3.68. The second-order valence-corrected chi connectivity index (χ2v) is 8.85. The molecule has 1 heterocycles. The molecular formula is C26H31BrF3N5O2. The van der Waals surface area contributed by atoms with Gasteiger partial charge in [-0.15, -0.1) is 0 Å². The summed E-state index contributed by atoms with van der Waals surface area (Å²) < 4.78 is 52.6. The molecule has 7 nitrogen and oxygen atoms in total. The van der Waals surface area contributed by atoms with Gasteiger partial charge < -0.3 is 20.1 Å². The molecule has 0 aliphatic carbocycles. The Morgan fingerprint density at radius 3 is 2.57 bits per heavy atom. The zero-order valence-electron chi connectivity index (χ0n) is 21.1. The second kappa shape index (κ2) is 14.4. The van der Waals surface area contributed by atoms with E-state index >= 15 is 0 Å². The molecule has 2 rings (SSSR count). The minimum absolute atomic E-state index is 0.0314. The number of anilines is 1. The number of allylic oxidation sites excluding steroid dienone is 2. The molecule has 37 heavy (non-hydrogen) atoms. The molecule has 0 fully saturated rings. The van der Waals surface area contributed by atoms with Gasteiger partial charge in [0.1, 0.15) is 17.7 Å². The Balaban J connectivity index is 2.47. The number of methoxy groups -OCH3 is 1. The fraction of sp³-hybridized carbons (Fsp3) is 0.346. The number of benzene rings is 1. The molecule has 2 aromatic rings. The van der Waals surface area contributed by atoms with Crippen LogP contribution in [0.5, 0.6) is 5.75 Å². The number of rotatable bonds is 13. The van der Waals surface area contributed by atoms with E-state index in [0.29, 0.717) is 35.5 Å². The smallest absolute Gasteiger partial charge is 0.279 e. The maximum atomic E-state index is 14.3. The highest BCUT2D eigenvalue weighted by molar-refractivity contribution is 9.10. The molecule has 0 saturated heterocycles. The molecule has 1 aromatic heterocycles. The van der Waals surface area contributed by atoms with Gasteiger partial charge >= 0.3 is 0 Å². The van der Waals surface area contributed by atoms with Crippen molar-refractivity contribution in [2.45, 2.75) is 46.1 Å². The van der Waals surface area contributed by atoms with Crippen molar-refractivity contribution in [1.29, 1.82) is 10.8 Å². The molecular weight excluding hydrogens is 551 g/mol. The molecule has 1 aromatic carbocycles. The summed E-state index contributed by atoms with van der Waals surface area (Å²) in [5.41, 5.74) is 1.20. The quantitative estimate of drug-likeness (QED) is 0.154. The summed E-state index contributed by atoms with van der Waals surface area (Å²) in [5.74, 6) is -0.138. The van der Waals surface area contributed by atoms with Crippen molar-refractivity contribution in [2.24, 2.45) is 0 Å². The number of ether oxygens (including phenoxy) is 2. The predicted molar refractivity (Wildman–Crippen MR) is 143 cm³/mol. The van der Waals surface area contributed by atoms with E-state index in [1.165, 1.54) is 25.3 Å². The van der Waals surface area contributed by atoms with Crippen LogP contribution in [-0.4, -0.2) is 36.7 Å². The van der Waals surface area contributed by atoms with Crippen LogP contribution in [-0.2, 0) is 11.2 Å². The number of aromatic nitrogens is 1. The lowest BCUT2D eigenvalue weighted by Crippen LogP contribution is -2.16. The van der Waals surface area contributed by atoms with Crippen LogP contribution in [0.1, 0.15) is 44.6 Å². The Hall–Kier alpha value is -3.34. The third kappa shape index (κ3) is 8.92. The first-order chi connectivity index (χ1) is 17.6. The number of nitrogens with one attached hydrogen (secondary N) is 4. The van der Waals surface area contributed by atoms with Gasteiger partial charge in [-0.05, 0) is 66.5 Å². The summed E-state index contributed by atoms with van der Waals surface area (Å²) in [6.07, 6.45) is 1.16. The number of hydrogen-bond donors (Lipinski definition) is 4. The molecule has 4 N–H and O–H groups in total. The van der Waals surface area contributed by atoms with Crippen molar-refractivity contribution in [3.8, 4) is 5.75 Å². The average Bonchev–Trinajstić information content (AvgIpc) is 2.86. The maximum Gasteiger partial charge on any atom is 0.279 e. The van der Waals surface area contributed by atoms with E-state index in [4.69, 9.17) is 20.3 Å². The van der Waals surface area contributed by atoms with E-state index in [1.807, 2.05) is 13.8 Å². The third-order valence-electron chi connectivity index (χ3n) is 5.20. The molecule has 0 saturated carbocycles. The minimum Gasteiger partial charge on any atom is -0.484 e. The Morgan fingerprint density at radius 1 is 1.22 bits per heavy atom. The second-order valence-electron chi connectivity index (χ2n) is 7.93. The van der Waals surface area contributed by atoms with Crippen molar-refractivity contribution >= 4 is 33.2 Å². The topological polar surface area (TPSA) is 103 Å². The van der Waals surface area contributed by atoms with E-state index in [9.17, 15) is 13.2 Å². The van der Waals surface area contributed by atoms with Crippen molar-refractivity contribution in [3.63, 3.8) is 0 Å². The lowest BCUT2D eigenvalue weighted by molar-refractivity contribution is 0.223. The van der Waals surface area contributed by atoms with Crippen molar-refractivity contribution in [2.75, 3.05) is 19.0 Å². The molecule has 0 aliphatic heterocycles. The normalized spacial score (nSPS) is 12.8. The number of pyridine rings is 1. The lowest BCUT2D eigenvalue weighted by Gasteiger charge is -2.22. The monoisotopic (exact) mass is 581 g/mol. The third-order valence-corrected chi connectivity index (χ3v) is 5.64. The summed E-state index contributed by atoms with van der Waals surface area (Å²) in [6.45, 7) is 6.11. The number of nitrogens with zero attached hydrogens (tertiary/aromatic N) is 1. The first kappa shape index (κ1) is 29.9. The van der Waals surface area contributed by atoms with Crippen LogP contribution in [0.3, 0.4) is 0 Å². The molecule has 0 radical (unpaired) electrons. The van der Waals surface area contributed by atoms with Crippen LogP contribution in [0, 0.1) is 16.6 Å². The van der Waals surface area contributed by atoms with Crippen molar-refractivity contribution < 1.29 is 22.6 Å². The van der Waals surface area contributed by atoms with Gasteiger partial charge in [-0.3, -0.25) is 15.8 Å². The minimum atomic E-state index is -2.99. The van der Waals surface area contributed by atoms with E-state index in [-0.39, 0.29) is 18.0 Å². The molecule has 0 bridgehead atoms. The number of hydrogen-bond acceptors (Lipinski definition) is 7. The Bertz CT molecular complexity index is 1170. The molecule has 1 atom stereocenters. The van der Waals surface area contributed by atoms with Gasteiger partial charge in [0, 0.05) is 52.4 Å². The zero-order chi connectivity index (χ0) is 27.5. The maximum absolute atomic E-state index is 14.3. The first-order valence-electron chi connectivity index (χ1n) is 11.6. The zero-order valence-corrected chi connectivity index (χ0v) is 22.7. The molecule has 0 unspecified atom stereocenters. The SMILES string of the molecule is CCN/C=C(/C/C(=C/C(=N)C(F)F)Nc1ccc(F)cc1[C@@H](C)Oc1cc(Br)cnc1CC)C(=N)OC. The highest BCUT2D eigenvalue weighted by Crippen LogP contribution is 2.32. The van der Waals surface area contributed by atoms with Crippen LogP contribution in [0.25, 0.3) is 0 Å². The summed E-state index contributed by atoms with van der Waals surface area (Å²) in [4.78, 5) is 4.35. The van der Waals surface area contributed by atoms with E-state index in [2.05, 4.69) is 31.5 Å². The van der Waals surface area contributed by atoms with Gasteiger partial charge in [0.15, 0.2) is 0 Å². The molecule has 200 valence electrons. The number of aryl methyl sites for hydroxylation is 1. The van der Waals surface area contributed by atoms with Crippen molar-refractivity contribution in [1.82, 2.24) is 10.3 Å². The first-order valence-corrected chi connectivity index (χ1v) is 12.4. The lowest BCUT2D eigenvalue weighted by atomic mass is 10.0. The summed E-state index contributed by atoms with van der Waals surface area (Å²) >= 11 is 3.38. The van der Waals surface area contributed by atoms with E-state index in [0.717, 1.165) is 16.2 Å². The summed E-state index contributed by atoms with van der Waals surface area (Å²) in [6, 6.07) is 5.78. The standard InChI is InChI=1S/C26H31BrF3N5O2/c1-5-22-24(10-17(27)14-34-22)37-15(3)20-11-18(28)7-8-23(20)35-19(12-21(31)25(29)30)9-16(13-33-6-2)26(32)36-4/h7-8,10-15,25,31-33,35H,5-6,9H2,1-4H3/b16-13-,19-12-,31-21?,32-26?/t15-/m1/s1. The van der Waals surface area contributed by atoms with Crippen LogP contribution >= 0.6 is 15.9 Å². The largest absolute Gasteiger partial charge is 0.484 e. The Morgan fingerprint density at radius 2 is 1.95 bits per heavy atom. The fourth-order valence-electron chi connectivity index (χ4n) is 3.37. The van der Waals surface area contributed by atoms with Gasteiger partial charge in [0.25, 0.3) is 6.43 Å². The molecule has 0 spiro atoms. The average molecular weight is 582 g/mol. The van der Waals surface area contributed by atoms with Gasteiger partial charge in [-0.2, -0.15) is 0 Å². The van der Waals surface area contributed by atoms with Crippen molar-refractivity contribution in [3.05, 3.63) is 75.6 Å². The van der Waals surface area contributed by atoms with Crippen LogP contribution in [0.2, 0.25) is 0 Å². The molecule has 11 heteroatoms. The Kier molecular flexibility index (Phi) is 11.6. The van der Waals surface area contributed by atoms with Gasteiger partial charge in [-0.1, -0.05) is 6.92 Å². The van der Waals surface area contributed by atoms with Gasteiger partial charge in [0.05, 0.1) is 18.5 Å². The predicted octanol–water partition coefficient (Wildman–Crippen LogP) is 6.77. The van der Waals surface area contributed by atoms with Crippen LogP contribution in [0.4, 0.5) is 18.9 Å². The molecule has 0 aliphatic rings. The van der Waals surface area contributed by atoms with E-state index in [1.54, 1.807) is 25.4 Å².